The molecule has 3 rings (SSSR count). The molecule has 1 aliphatic carbocycles. The van der Waals surface area contributed by atoms with Crippen LogP contribution in [-0.2, 0) is 19.1 Å². The third kappa shape index (κ3) is 4.64. The van der Waals surface area contributed by atoms with E-state index < -0.39 is 48.5 Å². The molecule has 1 aromatic carbocycles. The molecule has 1 heterocycles. The van der Waals surface area contributed by atoms with Crippen molar-refractivity contribution in [2.75, 3.05) is 13.2 Å². The highest BCUT2D eigenvalue weighted by Gasteiger charge is 2.52. The van der Waals surface area contributed by atoms with Crippen LogP contribution in [0.4, 0.5) is 4.79 Å². The molecule has 1 saturated carbocycles. The SMILES string of the molecule is C[C@@H](NC(=O)COC(=O)CN1C(=O)NC2(CCCC2)C1=O)c1ccc(Cl)cc1Cl. The number of halogens is 2. The molecule has 1 atom stereocenters. The Morgan fingerprint density at radius 3 is 2.62 bits per heavy atom. The van der Waals surface area contributed by atoms with Crippen molar-refractivity contribution >= 4 is 47.0 Å². The number of amides is 4. The molecule has 4 amide bonds. The van der Waals surface area contributed by atoms with Crippen LogP contribution in [0.1, 0.15) is 44.2 Å². The van der Waals surface area contributed by atoms with Gasteiger partial charge in [0.25, 0.3) is 11.8 Å². The largest absolute Gasteiger partial charge is 0.454 e. The molecule has 1 spiro atoms. The molecule has 8 nitrogen and oxygen atoms in total. The summed E-state index contributed by atoms with van der Waals surface area (Å²) in [6.45, 7) is 0.657. The van der Waals surface area contributed by atoms with Crippen molar-refractivity contribution in [2.24, 2.45) is 0 Å². The molecule has 1 saturated heterocycles. The monoisotopic (exact) mass is 441 g/mol. The number of imide groups is 1. The number of hydrogen-bond donors (Lipinski definition) is 2. The second-order valence-corrected chi connectivity index (χ2v) is 8.07. The lowest BCUT2D eigenvalue weighted by Gasteiger charge is -2.19. The summed E-state index contributed by atoms with van der Waals surface area (Å²) in [6.07, 6.45) is 2.83. The van der Waals surface area contributed by atoms with Crippen LogP contribution in [0.3, 0.4) is 0 Å². The number of hydrogen-bond acceptors (Lipinski definition) is 5. The van der Waals surface area contributed by atoms with Crippen molar-refractivity contribution < 1.29 is 23.9 Å². The van der Waals surface area contributed by atoms with E-state index in [9.17, 15) is 19.2 Å². The van der Waals surface area contributed by atoms with Crippen molar-refractivity contribution in [3.63, 3.8) is 0 Å². The fourth-order valence-electron chi connectivity index (χ4n) is 3.67. The second-order valence-electron chi connectivity index (χ2n) is 7.23. The summed E-state index contributed by atoms with van der Waals surface area (Å²) in [5.41, 5.74) is -0.223. The van der Waals surface area contributed by atoms with Gasteiger partial charge < -0.3 is 15.4 Å². The van der Waals surface area contributed by atoms with E-state index in [1.807, 2.05) is 0 Å². The average Bonchev–Trinajstić information content (AvgIpc) is 3.21. The van der Waals surface area contributed by atoms with Gasteiger partial charge in [0, 0.05) is 10.0 Å². The van der Waals surface area contributed by atoms with Crippen molar-refractivity contribution in [3.8, 4) is 0 Å². The second kappa shape index (κ2) is 8.59. The van der Waals surface area contributed by atoms with E-state index in [4.69, 9.17) is 27.9 Å². The minimum absolute atomic E-state index is 0.404. The van der Waals surface area contributed by atoms with E-state index in [-0.39, 0.29) is 0 Å². The first-order valence-electron chi connectivity index (χ1n) is 9.26. The Kier molecular flexibility index (Phi) is 6.33. The minimum Gasteiger partial charge on any atom is -0.454 e. The van der Waals surface area contributed by atoms with Gasteiger partial charge in [-0.3, -0.25) is 19.3 Å². The van der Waals surface area contributed by atoms with Gasteiger partial charge in [0.05, 0.1) is 6.04 Å². The van der Waals surface area contributed by atoms with Crippen LogP contribution in [0, 0.1) is 0 Å². The predicted octanol–water partition coefficient (Wildman–Crippen LogP) is 2.58. The Morgan fingerprint density at radius 1 is 1.28 bits per heavy atom. The fourth-order valence-corrected chi connectivity index (χ4v) is 4.24. The number of ether oxygens (including phenoxy) is 1. The van der Waals surface area contributed by atoms with Crippen molar-refractivity contribution in [1.82, 2.24) is 15.5 Å². The van der Waals surface area contributed by atoms with E-state index in [1.54, 1.807) is 25.1 Å². The Bertz CT molecular complexity index is 854. The number of carbonyl (C=O) groups excluding carboxylic acids is 4. The van der Waals surface area contributed by atoms with Gasteiger partial charge in [-0.2, -0.15) is 0 Å². The lowest BCUT2D eigenvalue weighted by atomic mass is 9.98. The maximum absolute atomic E-state index is 12.5. The predicted molar refractivity (Wildman–Crippen MR) is 105 cm³/mol. The van der Waals surface area contributed by atoms with Crippen LogP contribution in [0.25, 0.3) is 0 Å². The van der Waals surface area contributed by atoms with Crippen molar-refractivity contribution in [3.05, 3.63) is 33.8 Å². The summed E-state index contributed by atoms with van der Waals surface area (Å²) >= 11 is 12.0. The fraction of sp³-hybridized carbons (Fsp3) is 0.474. The molecule has 0 unspecified atom stereocenters. The molecule has 2 fully saturated rings. The van der Waals surface area contributed by atoms with Gasteiger partial charge in [0.15, 0.2) is 6.61 Å². The van der Waals surface area contributed by atoms with Gasteiger partial charge in [0.2, 0.25) is 0 Å². The number of esters is 1. The van der Waals surface area contributed by atoms with Crippen LogP contribution in [0.5, 0.6) is 0 Å². The van der Waals surface area contributed by atoms with Gasteiger partial charge in [0.1, 0.15) is 12.1 Å². The number of nitrogens with zero attached hydrogens (tertiary/aromatic N) is 1. The molecule has 10 heteroatoms. The number of rotatable bonds is 6. The first-order valence-corrected chi connectivity index (χ1v) is 10.0. The summed E-state index contributed by atoms with van der Waals surface area (Å²) in [5.74, 6) is -1.79. The summed E-state index contributed by atoms with van der Waals surface area (Å²) < 4.78 is 4.92. The van der Waals surface area contributed by atoms with Crippen LogP contribution >= 0.6 is 23.2 Å². The van der Waals surface area contributed by atoms with Crippen LogP contribution in [0.15, 0.2) is 18.2 Å². The van der Waals surface area contributed by atoms with Crippen LogP contribution < -0.4 is 10.6 Å². The summed E-state index contributed by atoms with van der Waals surface area (Å²) in [5, 5.41) is 6.22. The zero-order valence-electron chi connectivity index (χ0n) is 15.8. The lowest BCUT2D eigenvalue weighted by Crippen LogP contribution is -2.44. The number of nitrogens with one attached hydrogen (secondary N) is 2. The Labute approximate surface area is 177 Å². The van der Waals surface area contributed by atoms with E-state index in [0.717, 1.165) is 17.7 Å². The highest BCUT2D eigenvalue weighted by Crippen LogP contribution is 2.34. The summed E-state index contributed by atoms with van der Waals surface area (Å²) in [4.78, 5) is 49.5. The normalized spacial score (nSPS) is 18.7. The average molecular weight is 442 g/mol. The third-order valence-corrected chi connectivity index (χ3v) is 5.72. The van der Waals surface area contributed by atoms with E-state index in [0.29, 0.717) is 28.5 Å². The molecular formula is C19H21Cl2N3O5. The Hall–Kier alpha value is -2.32. The van der Waals surface area contributed by atoms with Gasteiger partial charge in [-0.1, -0.05) is 42.1 Å². The van der Waals surface area contributed by atoms with Gasteiger partial charge >= 0.3 is 12.0 Å². The Balaban J connectivity index is 1.48. The quantitative estimate of drug-likeness (QED) is 0.521. The highest BCUT2D eigenvalue weighted by molar-refractivity contribution is 6.35. The molecule has 0 aromatic heterocycles. The van der Waals surface area contributed by atoms with Gasteiger partial charge in [-0.25, -0.2) is 4.79 Å². The van der Waals surface area contributed by atoms with E-state index >= 15 is 0 Å². The maximum Gasteiger partial charge on any atom is 0.326 e. The molecule has 1 aliphatic heterocycles. The minimum atomic E-state index is -0.887. The first-order chi connectivity index (χ1) is 13.7. The number of carbonyl (C=O) groups is 4. The zero-order valence-corrected chi connectivity index (χ0v) is 17.3. The molecule has 2 aliphatic rings. The molecule has 29 heavy (non-hydrogen) atoms. The lowest BCUT2D eigenvalue weighted by molar-refractivity contribution is -0.151. The van der Waals surface area contributed by atoms with E-state index in [1.165, 1.54) is 0 Å². The van der Waals surface area contributed by atoms with Crippen LogP contribution in [0.2, 0.25) is 10.0 Å². The van der Waals surface area contributed by atoms with Crippen molar-refractivity contribution in [1.29, 1.82) is 0 Å². The maximum atomic E-state index is 12.5. The molecule has 2 N–H and O–H groups in total. The molecule has 0 radical (unpaired) electrons. The van der Waals surface area contributed by atoms with E-state index in [2.05, 4.69) is 10.6 Å². The van der Waals surface area contributed by atoms with Crippen molar-refractivity contribution in [2.45, 2.75) is 44.2 Å². The smallest absolute Gasteiger partial charge is 0.326 e. The zero-order chi connectivity index (χ0) is 21.2. The van der Waals surface area contributed by atoms with Crippen LogP contribution in [-0.4, -0.2) is 47.4 Å². The number of urea groups is 1. The third-order valence-electron chi connectivity index (χ3n) is 5.16. The number of benzene rings is 1. The standard InChI is InChI=1S/C19H21Cl2N3O5/c1-11(13-5-4-12(20)8-14(13)21)22-15(25)10-29-16(26)9-24-17(27)19(23-18(24)28)6-2-3-7-19/h4-5,8,11H,2-3,6-7,9-10H2,1H3,(H,22,25)(H,23,28)/t11-/m1/s1. The van der Waals surface area contributed by atoms with Gasteiger partial charge in [-0.15, -0.1) is 0 Å². The summed E-state index contributed by atoms with van der Waals surface area (Å²) in [7, 11) is 0. The molecule has 1 aromatic rings. The van der Waals surface area contributed by atoms with Gasteiger partial charge in [-0.05, 0) is 37.5 Å². The summed E-state index contributed by atoms with van der Waals surface area (Å²) in [6, 6.07) is 3.87. The molecule has 156 valence electrons. The highest BCUT2D eigenvalue weighted by atomic mass is 35.5. The Morgan fingerprint density at radius 2 is 1.97 bits per heavy atom. The molecule has 0 bridgehead atoms. The topological polar surface area (TPSA) is 105 Å². The molecular weight excluding hydrogens is 421 g/mol. The first kappa shape index (κ1) is 21.4.